The topological polar surface area (TPSA) is 88.0 Å². The summed E-state index contributed by atoms with van der Waals surface area (Å²) in [5.41, 5.74) is 2.75. The van der Waals surface area contributed by atoms with E-state index in [0.29, 0.717) is 27.7 Å². The summed E-state index contributed by atoms with van der Waals surface area (Å²) in [6, 6.07) is 8.51. The van der Waals surface area contributed by atoms with Gasteiger partial charge in [0.25, 0.3) is 5.91 Å². The molecule has 2 N–H and O–H groups in total. The van der Waals surface area contributed by atoms with Crippen molar-refractivity contribution in [3.8, 4) is 0 Å². The van der Waals surface area contributed by atoms with Gasteiger partial charge in [-0.15, -0.1) is 5.10 Å². The molecule has 1 aliphatic rings. The van der Waals surface area contributed by atoms with Crippen molar-refractivity contribution >= 4 is 39.1 Å². The largest absolute Gasteiger partial charge is 0.368 e. The number of nitrogens with zero attached hydrogens (tertiary/aromatic N) is 5. The Balaban J connectivity index is 1.51. The second kappa shape index (κ2) is 7.34. The predicted octanol–water partition coefficient (Wildman–Crippen LogP) is 2.32. The number of aryl methyl sites for hydroxylation is 1. The first-order valence-corrected chi connectivity index (χ1v) is 9.74. The molecule has 4 aromatic rings. The van der Waals surface area contributed by atoms with E-state index in [2.05, 4.69) is 30.8 Å². The fourth-order valence-corrected chi connectivity index (χ4v) is 3.90. The summed E-state index contributed by atoms with van der Waals surface area (Å²) < 4.78 is 15.9. The lowest BCUT2D eigenvalue weighted by Gasteiger charge is -2.30. The standard InChI is InChI=1S/C21H20FN7O/c1-28-12-16-17(22)10-13(11-18(16)27-28)25-21(30)15-2-3-19(29-8-6-23-7-9-29)14-4-5-24-26-20(14)15/h2-5,10-12,23H,6-9H2,1H3,(H,25,30). The summed E-state index contributed by atoms with van der Waals surface area (Å²) in [7, 11) is 1.72. The van der Waals surface area contributed by atoms with E-state index in [1.54, 1.807) is 31.6 Å². The van der Waals surface area contributed by atoms with Gasteiger partial charge in [-0.3, -0.25) is 9.48 Å². The normalized spacial score (nSPS) is 14.4. The Bertz CT molecular complexity index is 1260. The minimum atomic E-state index is -0.436. The van der Waals surface area contributed by atoms with Crippen molar-refractivity contribution in [1.29, 1.82) is 0 Å². The maximum absolute atomic E-state index is 14.4. The molecule has 3 heterocycles. The lowest BCUT2D eigenvalue weighted by Crippen LogP contribution is -2.43. The van der Waals surface area contributed by atoms with Gasteiger partial charge in [0.05, 0.1) is 22.7 Å². The van der Waals surface area contributed by atoms with Gasteiger partial charge >= 0.3 is 0 Å². The van der Waals surface area contributed by atoms with Gasteiger partial charge in [-0.05, 0) is 30.3 Å². The lowest BCUT2D eigenvalue weighted by molar-refractivity contribution is 0.102. The number of hydrogen-bond acceptors (Lipinski definition) is 6. The number of carbonyl (C=O) groups is 1. The van der Waals surface area contributed by atoms with Crippen molar-refractivity contribution in [1.82, 2.24) is 25.3 Å². The summed E-state index contributed by atoms with van der Waals surface area (Å²) in [6.07, 6.45) is 3.23. The van der Waals surface area contributed by atoms with E-state index < -0.39 is 5.82 Å². The third kappa shape index (κ3) is 3.22. The number of aromatic nitrogens is 4. The molecule has 1 saturated heterocycles. The van der Waals surface area contributed by atoms with Crippen LogP contribution in [0.2, 0.25) is 0 Å². The SMILES string of the molecule is Cn1cc2c(F)cc(NC(=O)c3ccc(N4CCNCC4)c4ccnnc34)cc2n1. The molecule has 0 unspecified atom stereocenters. The molecule has 2 aromatic carbocycles. The molecule has 5 rings (SSSR count). The van der Waals surface area contributed by atoms with Crippen molar-refractivity contribution in [2.24, 2.45) is 7.05 Å². The quantitative estimate of drug-likeness (QED) is 0.544. The molecule has 1 aliphatic heterocycles. The Morgan fingerprint density at radius 2 is 2.00 bits per heavy atom. The number of halogens is 1. The van der Waals surface area contributed by atoms with Crippen LogP contribution in [0.1, 0.15) is 10.4 Å². The minimum absolute atomic E-state index is 0.340. The van der Waals surface area contributed by atoms with Gasteiger partial charge in [0.1, 0.15) is 11.3 Å². The van der Waals surface area contributed by atoms with E-state index >= 15 is 0 Å². The zero-order valence-corrected chi connectivity index (χ0v) is 16.4. The van der Waals surface area contributed by atoms with E-state index in [0.717, 1.165) is 37.3 Å². The number of nitrogens with one attached hydrogen (secondary N) is 2. The van der Waals surface area contributed by atoms with E-state index in [-0.39, 0.29) is 5.91 Å². The van der Waals surface area contributed by atoms with Gasteiger partial charge in [-0.25, -0.2) is 4.39 Å². The third-order valence-electron chi connectivity index (χ3n) is 5.31. The third-order valence-corrected chi connectivity index (χ3v) is 5.31. The van der Waals surface area contributed by atoms with Gasteiger partial charge in [-0.2, -0.15) is 10.2 Å². The first-order valence-electron chi connectivity index (χ1n) is 9.74. The molecule has 8 nitrogen and oxygen atoms in total. The van der Waals surface area contributed by atoms with Gasteiger partial charge in [-0.1, -0.05) is 0 Å². The molecule has 1 amide bonds. The Labute approximate surface area is 171 Å². The highest BCUT2D eigenvalue weighted by Crippen LogP contribution is 2.29. The van der Waals surface area contributed by atoms with Crippen molar-refractivity contribution in [3.63, 3.8) is 0 Å². The molecule has 30 heavy (non-hydrogen) atoms. The van der Waals surface area contributed by atoms with E-state index in [1.807, 2.05) is 12.1 Å². The summed E-state index contributed by atoms with van der Waals surface area (Å²) in [4.78, 5) is 15.3. The monoisotopic (exact) mass is 405 g/mol. The Morgan fingerprint density at radius 1 is 1.17 bits per heavy atom. The van der Waals surface area contributed by atoms with E-state index in [9.17, 15) is 9.18 Å². The van der Waals surface area contributed by atoms with E-state index in [4.69, 9.17) is 0 Å². The number of carbonyl (C=O) groups excluding carboxylic acids is 1. The molecule has 0 atom stereocenters. The average molecular weight is 405 g/mol. The second-order valence-corrected chi connectivity index (χ2v) is 7.31. The van der Waals surface area contributed by atoms with Crippen LogP contribution in [0.3, 0.4) is 0 Å². The first-order chi connectivity index (χ1) is 14.6. The van der Waals surface area contributed by atoms with Crippen LogP contribution in [0.25, 0.3) is 21.8 Å². The molecular formula is C21H20FN7O. The maximum Gasteiger partial charge on any atom is 0.257 e. The second-order valence-electron chi connectivity index (χ2n) is 7.31. The summed E-state index contributed by atoms with van der Waals surface area (Å²) >= 11 is 0. The van der Waals surface area contributed by atoms with Crippen molar-refractivity contribution in [3.05, 3.63) is 54.1 Å². The molecule has 0 saturated carbocycles. The summed E-state index contributed by atoms with van der Waals surface area (Å²) in [5.74, 6) is -0.809. The molecule has 0 aliphatic carbocycles. The smallest absolute Gasteiger partial charge is 0.257 e. The van der Waals surface area contributed by atoms with Crippen molar-refractivity contribution < 1.29 is 9.18 Å². The van der Waals surface area contributed by atoms with Crippen LogP contribution in [0.15, 0.2) is 42.7 Å². The Hall–Kier alpha value is -3.59. The Morgan fingerprint density at radius 3 is 2.83 bits per heavy atom. The van der Waals surface area contributed by atoms with Gasteiger partial charge in [0.2, 0.25) is 0 Å². The molecule has 2 aromatic heterocycles. The fourth-order valence-electron chi connectivity index (χ4n) is 3.90. The number of anilines is 2. The van der Waals surface area contributed by atoms with Crippen LogP contribution >= 0.6 is 0 Å². The van der Waals surface area contributed by atoms with Crippen LogP contribution in [-0.4, -0.2) is 52.1 Å². The zero-order valence-electron chi connectivity index (χ0n) is 16.4. The van der Waals surface area contributed by atoms with E-state index in [1.165, 1.54) is 10.7 Å². The molecule has 152 valence electrons. The molecule has 0 radical (unpaired) electrons. The summed E-state index contributed by atoms with van der Waals surface area (Å²) in [5, 5.41) is 19.8. The average Bonchev–Trinajstić information content (AvgIpc) is 3.14. The van der Waals surface area contributed by atoms with Gasteiger partial charge in [0.15, 0.2) is 0 Å². The number of rotatable bonds is 3. The number of amides is 1. The molecular weight excluding hydrogens is 385 g/mol. The van der Waals surface area contributed by atoms with Crippen LogP contribution in [0, 0.1) is 5.82 Å². The molecule has 1 fully saturated rings. The zero-order chi connectivity index (χ0) is 20.7. The molecule has 0 spiro atoms. The highest BCUT2D eigenvalue weighted by Gasteiger charge is 2.19. The van der Waals surface area contributed by atoms with Crippen molar-refractivity contribution in [2.45, 2.75) is 0 Å². The van der Waals surface area contributed by atoms with Crippen LogP contribution < -0.4 is 15.5 Å². The van der Waals surface area contributed by atoms with Crippen LogP contribution in [0.4, 0.5) is 15.8 Å². The van der Waals surface area contributed by atoms with Crippen LogP contribution in [-0.2, 0) is 7.05 Å². The Kier molecular flexibility index (Phi) is 4.51. The fraction of sp³-hybridized carbons (Fsp3) is 0.238. The highest BCUT2D eigenvalue weighted by molar-refractivity contribution is 6.14. The predicted molar refractivity (Wildman–Crippen MR) is 113 cm³/mol. The van der Waals surface area contributed by atoms with Crippen molar-refractivity contribution in [2.75, 3.05) is 36.4 Å². The number of piperazine rings is 1. The lowest BCUT2D eigenvalue weighted by atomic mass is 10.1. The number of benzene rings is 2. The summed E-state index contributed by atoms with van der Waals surface area (Å²) in [6.45, 7) is 3.58. The maximum atomic E-state index is 14.4. The first kappa shape index (κ1) is 18.4. The number of hydrogen-bond donors (Lipinski definition) is 2. The van der Waals surface area contributed by atoms with Crippen LogP contribution in [0.5, 0.6) is 0 Å². The minimum Gasteiger partial charge on any atom is -0.368 e. The van der Waals surface area contributed by atoms with Gasteiger partial charge in [0, 0.05) is 56.2 Å². The molecule has 0 bridgehead atoms. The highest BCUT2D eigenvalue weighted by atomic mass is 19.1. The number of fused-ring (bicyclic) bond motifs is 2. The van der Waals surface area contributed by atoms with Gasteiger partial charge < -0.3 is 15.5 Å². The molecule has 9 heteroatoms.